The number of benzene rings is 1. The van der Waals surface area contributed by atoms with Gasteiger partial charge in [0.25, 0.3) is 11.8 Å². The van der Waals surface area contributed by atoms with Crippen LogP contribution in [0.4, 0.5) is 10.1 Å². The Hall–Kier alpha value is -4.28. The molecule has 5 rings (SSSR count). The van der Waals surface area contributed by atoms with Crippen molar-refractivity contribution in [2.45, 2.75) is 58.2 Å². The van der Waals surface area contributed by atoms with Gasteiger partial charge in [-0.05, 0) is 74.4 Å². The number of hydrogen-bond acceptors (Lipinski definition) is 7. The lowest BCUT2D eigenvalue weighted by molar-refractivity contribution is -0.128. The van der Waals surface area contributed by atoms with Gasteiger partial charge in [-0.2, -0.15) is 4.80 Å². The molecule has 0 spiro atoms. The van der Waals surface area contributed by atoms with Crippen molar-refractivity contribution in [1.82, 2.24) is 25.5 Å². The zero-order valence-electron chi connectivity index (χ0n) is 20.6. The van der Waals surface area contributed by atoms with Crippen molar-refractivity contribution >= 4 is 17.5 Å². The summed E-state index contributed by atoms with van der Waals surface area (Å²) in [6.45, 7) is 3.19. The van der Waals surface area contributed by atoms with Gasteiger partial charge in [-0.15, -0.1) is 10.2 Å². The van der Waals surface area contributed by atoms with Crippen molar-refractivity contribution in [1.29, 1.82) is 0 Å². The van der Waals surface area contributed by atoms with Crippen LogP contribution in [0, 0.1) is 19.7 Å². The van der Waals surface area contributed by atoms with Gasteiger partial charge in [0.05, 0.1) is 0 Å². The topological polar surface area (TPSA) is 119 Å². The van der Waals surface area contributed by atoms with Crippen LogP contribution in [0.1, 0.15) is 49.0 Å². The molecule has 37 heavy (non-hydrogen) atoms. The van der Waals surface area contributed by atoms with Crippen molar-refractivity contribution in [2.75, 3.05) is 4.90 Å². The monoisotopic (exact) mass is 506 g/mol. The standard InChI is InChI=1S/C26H27FN6O4/c1-16-10-12-21(36-16)24(26(35)28-19-7-3-4-8-19)33(20-9-5-6-18(27)14-20)23(34)15-32-30-25(29-31-32)22-13-11-17(2)37-22/h5-6,9-14,19,24H,3-4,7-8,15H2,1-2H3,(H,28,35)/t24-/m1/s1. The molecule has 3 heterocycles. The van der Waals surface area contributed by atoms with Crippen LogP contribution in [-0.4, -0.2) is 38.1 Å². The van der Waals surface area contributed by atoms with Crippen molar-refractivity contribution < 1.29 is 22.8 Å². The van der Waals surface area contributed by atoms with Crippen molar-refractivity contribution in [2.24, 2.45) is 0 Å². The zero-order valence-corrected chi connectivity index (χ0v) is 20.6. The third-order valence-electron chi connectivity index (χ3n) is 6.28. The fourth-order valence-electron chi connectivity index (χ4n) is 4.55. The highest BCUT2D eigenvalue weighted by atomic mass is 19.1. The first kappa shape index (κ1) is 24.4. The lowest BCUT2D eigenvalue weighted by atomic mass is 10.1. The first-order valence-corrected chi connectivity index (χ1v) is 12.2. The molecule has 1 aliphatic rings. The fraction of sp³-hybridized carbons (Fsp3) is 0.346. The summed E-state index contributed by atoms with van der Waals surface area (Å²) in [4.78, 5) is 29.7. The van der Waals surface area contributed by atoms with Crippen molar-refractivity contribution in [3.8, 4) is 11.6 Å². The first-order chi connectivity index (χ1) is 17.9. The number of nitrogens with zero attached hydrogens (tertiary/aromatic N) is 5. The summed E-state index contributed by atoms with van der Waals surface area (Å²) >= 11 is 0. The third kappa shape index (κ3) is 5.45. The number of aryl methyl sites for hydroxylation is 2. The number of amides is 2. The lowest BCUT2D eigenvalue weighted by Gasteiger charge is -2.30. The van der Waals surface area contributed by atoms with E-state index in [-0.39, 0.29) is 29.9 Å². The summed E-state index contributed by atoms with van der Waals surface area (Å²) in [5.74, 6) is 0.664. The Morgan fingerprint density at radius 3 is 2.54 bits per heavy atom. The van der Waals surface area contributed by atoms with Gasteiger partial charge in [-0.3, -0.25) is 14.5 Å². The molecular formula is C26H27FN6O4. The highest BCUT2D eigenvalue weighted by Gasteiger charge is 2.37. The average molecular weight is 507 g/mol. The van der Waals surface area contributed by atoms with E-state index in [1.54, 1.807) is 44.2 Å². The number of halogens is 1. The highest BCUT2D eigenvalue weighted by molar-refractivity contribution is 6.01. The summed E-state index contributed by atoms with van der Waals surface area (Å²) in [5.41, 5.74) is 0.202. The number of furan rings is 2. The molecule has 11 heteroatoms. The van der Waals surface area contributed by atoms with E-state index < -0.39 is 23.7 Å². The van der Waals surface area contributed by atoms with E-state index in [4.69, 9.17) is 8.83 Å². The van der Waals surface area contributed by atoms with Crippen LogP contribution >= 0.6 is 0 Å². The lowest BCUT2D eigenvalue weighted by Crippen LogP contribution is -2.47. The zero-order chi connectivity index (χ0) is 25.9. The van der Waals surface area contributed by atoms with Crippen LogP contribution in [-0.2, 0) is 16.1 Å². The minimum Gasteiger partial charge on any atom is -0.464 e. The Morgan fingerprint density at radius 1 is 1.11 bits per heavy atom. The minimum atomic E-state index is -1.17. The molecule has 0 saturated heterocycles. The highest BCUT2D eigenvalue weighted by Crippen LogP contribution is 2.31. The summed E-state index contributed by atoms with van der Waals surface area (Å²) in [5, 5.41) is 15.2. The Kier molecular flexibility index (Phi) is 6.85. The van der Waals surface area contributed by atoms with E-state index in [2.05, 4.69) is 20.7 Å². The summed E-state index contributed by atoms with van der Waals surface area (Å²) < 4.78 is 25.6. The van der Waals surface area contributed by atoms with E-state index in [9.17, 15) is 14.0 Å². The number of carbonyl (C=O) groups excluding carboxylic acids is 2. The van der Waals surface area contributed by atoms with E-state index in [0.29, 0.717) is 17.3 Å². The quantitative estimate of drug-likeness (QED) is 0.382. The maximum Gasteiger partial charge on any atom is 0.251 e. The van der Waals surface area contributed by atoms with Crippen LogP contribution in [0.25, 0.3) is 11.6 Å². The molecule has 0 radical (unpaired) electrons. The number of nitrogens with one attached hydrogen (secondary N) is 1. The average Bonchev–Trinajstić information content (AvgIpc) is 3.66. The largest absolute Gasteiger partial charge is 0.464 e. The number of rotatable bonds is 8. The van der Waals surface area contributed by atoms with Crippen molar-refractivity contribution in [3.05, 3.63) is 71.6 Å². The van der Waals surface area contributed by atoms with E-state index in [0.717, 1.165) is 30.5 Å². The molecule has 1 N–H and O–H groups in total. The number of anilines is 1. The smallest absolute Gasteiger partial charge is 0.251 e. The van der Waals surface area contributed by atoms with Gasteiger partial charge in [0.2, 0.25) is 5.82 Å². The molecule has 4 aromatic rings. The Morgan fingerprint density at radius 2 is 1.86 bits per heavy atom. The van der Waals surface area contributed by atoms with Gasteiger partial charge in [-0.25, -0.2) is 4.39 Å². The number of tetrazole rings is 1. The van der Waals surface area contributed by atoms with Crippen LogP contribution in [0.3, 0.4) is 0 Å². The van der Waals surface area contributed by atoms with Gasteiger partial charge < -0.3 is 14.2 Å². The molecule has 2 amide bonds. The van der Waals surface area contributed by atoms with Gasteiger partial charge in [0, 0.05) is 11.7 Å². The summed E-state index contributed by atoms with van der Waals surface area (Å²) in [7, 11) is 0. The molecular weight excluding hydrogens is 479 g/mol. The van der Waals surface area contributed by atoms with Crippen molar-refractivity contribution in [3.63, 3.8) is 0 Å². The second-order valence-electron chi connectivity index (χ2n) is 9.14. The molecule has 10 nitrogen and oxygen atoms in total. The predicted octanol–water partition coefficient (Wildman–Crippen LogP) is 4.12. The summed E-state index contributed by atoms with van der Waals surface area (Å²) in [6.07, 6.45) is 3.78. The first-order valence-electron chi connectivity index (χ1n) is 12.2. The minimum absolute atomic E-state index is 0.00631. The molecule has 0 bridgehead atoms. The number of aromatic nitrogens is 4. The molecule has 1 aromatic carbocycles. The molecule has 3 aromatic heterocycles. The van der Waals surface area contributed by atoms with Crippen LogP contribution < -0.4 is 10.2 Å². The van der Waals surface area contributed by atoms with Gasteiger partial charge in [-0.1, -0.05) is 18.9 Å². The van der Waals surface area contributed by atoms with Crippen LogP contribution in [0.15, 0.2) is 57.4 Å². The van der Waals surface area contributed by atoms with E-state index in [1.165, 1.54) is 23.1 Å². The van der Waals surface area contributed by atoms with Gasteiger partial charge >= 0.3 is 0 Å². The second-order valence-corrected chi connectivity index (χ2v) is 9.14. The molecule has 0 aliphatic heterocycles. The molecule has 1 atom stereocenters. The third-order valence-corrected chi connectivity index (χ3v) is 6.28. The molecule has 192 valence electrons. The Labute approximate surface area is 212 Å². The van der Waals surface area contributed by atoms with Crippen LogP contribution in [0.5, 0.6) is 0 Å². The molecule has 1 saturated carbocycles. The van der Waals surface area contributed by atoms with Gasteiger partial charge in [0.15, 0.2) is 11.8 Å². The Bertz CT molecular complexity index is 1400. The van der Waals surface area contributed by atoms with E-state index >= 15 is 0 Å². The van der Waals surface area contributed by atoms with E-state index in [1.807, 2.05) is 0 Å². The Balaban J connectivity index is 1.49. The maximum absolute atomic E-state index is 14.3. The second kappa shape index (κ2) is 10.4. The number of carbonyl (C=O) groups is 2. The normalized spacial score (nSPS) is 14.6. The van der Waals surface area contributed by atoms with Gasteiger partial charge in [0.1, 0.15) is 29.6 Å². The molecule has 1 fully saturated rings. The molecule has 1 aliphatic carbocycles. The predicted molar refractivity (Wildman–Crippen MR) is 131 cm³/mol. The number of hydrogen-bond donors (Lipinski definition) is 1. The fourth-order valence-corrected chi connectivity index (χ4v) is 4.55. The summed E-state index contributed by atoms with van der Waals surface area (Å²) in [6, 6.07) is 11.2. The maximum atomic E-state index is 14.3. The molecule has 0 unspecified atom stereocenters. The SMILES string of the molecule is Cc1ccc(-c2nnn(CC(=O)N(c3cccc(F)c3)[C@@H](C(=O)NC3CCCC3)c3ccc(C)o3)n2)o1. The van der Waals surface area contributed by atoms with Crippen LogP contribution in [0.2, 0.25) is 0 Å².